The summed E-state index contributed by atoms with van der Waals surface area (Å²) in [5, 5.41) is 2.57. The van der Waals surface area contributed by atoms with Crippen molar-refractivity contribution >= 4 is 5.91 Å². The summed E-state index contributed by atoms with van der Waals surface area (Å²) in [4.78, 5) is 11.0. The van der Waals surface area contributed by atoms with E-state index in [9.17, 15) is 4.79 Å². The first kappa shape index (κ1) is 12.6. The Morgan fingerprint density at radius 3 is 2.62 bits per heavy atom. The Kier molecular flexibility index (Phi) is 4.35. The van der Waals surface area contributed by atoms with Crippen molar-refractivity contribution in [3.05, 3.63) is 28.8 Å². The number of hydrogen-bond donors (Lipinski definition) is 1. The van der Waals surface area contributed by atoms with Crippen LogP contribution in [0.3, 0.4) is 0 Å². The molecule has 0 aliphatic carbocycles. The van der Waals surface area contributed by atoms with Gasteiger partial charge in [0, 0.05) is 7.05 Å². The molecule has 1 amide bonds. The van der Waals surface area contributed by atoms with E-state index in [0.717, 1.165) is 11.3 Å². The van der Waals surface area contributed by atoms with Crippen molar-refractivity contribution in [2.24, 2.45) is 0 Å². The maximum atomic E-state index is 11.0. The van der Waals surface area contributed by atoms with E-state index in [1.54, 1.807) is 7.05 Å². The van der Waals surface area contributed by atoms with Crippen LogP contribution in [-0.4, -0.2) is 19.6 Å². The van der Waals surface area contributed by atoms with Crippen LogP contribution in [0.15, 0.2) is 12.1 Å². The fourth-order valence-corrected chi connectivity index (χ4v) is 1.53. The number of benzene rings is 1. The first-order valence-corrected chi connectivity index (χ1v) is 5.46. The van der Waals surface area contributed by atoms with Crippen LogP contribution in [0.5, 0.6) is 5.75 Å². The van der Waals surface area contributed by atoms with Gasteiger partial charge >= 0.3 is 0 Å². The first-order valence-electron chi connectivity index (χ1n) is 5.46. The highest BCUT2D eigenvalue weighted by atomic mass is 16.5. The van der Waals surface area contributed by atoms with E-state index in [0.29, 0.717) is 13.0 Å². The minimum atomic E-state index is 0.00188. The molecule has 0 unspecified atom stereocenters. The predicted octanol–water partition coefficient (Wildman–Crippen LogP) is 2.13. The Morgan fingerprint density at radius 1 is 1.31 bits per heavy atom. The third-order valence-electron chi connectivity index (χ3n) is 2.63. The summed E-state index contributed by atoms with van der Waals surface area (Å²) in [6.07, 6.45) is 0.392. The van der Waals surface area contributed by atoms with E-state index < -0.39 is 0 Å². The van der Waals surface area contributed by atoms with Crippen LogP contribution in [0.25, 0.3) is 0 Å². The zero-order valence-corrected chi connectivity index (χ0v) is 10.4. The molecular weight excluding hydrogens is 202 g/mol. The number of carbonyl (C=O) groups excluding carboxylic acids is 1. The summed E-state index contributed by atoms with van der Waals surface area (Å²) in [6.45, 7) is 6.55. The van der Waals surface area contributed by atoms with E-state index in [-0.39, 0.29) is 5.91 Å². The molecule has 0 aliphatic heterocycles. The number of rotatable bonds is 4. The second kappa shape index (κ2) is 5.54. The maximum Gasteiger partial charge on any atom is 0.223 e. The Hall–Kier alpha value is -1.51. The van der Waals surface area contributed by atoms with Crippen LogP contribution in [0.2, 0.25) is 0 Å². The number of ether oxygens (including phenoxy) is 1. The molecule has 1 rings (SSSR count). The average Bonchev–Trinajstić information content (AvgIpc) is 2.24. The topological polar surface area (TPSA) is 38.3 Å². The molecule has 0 saturated carbocycles. The molecule has 0 bridgehead atoms. The molecule has 0 aliphatic rings. The molecular formula is C13H19NO2. The highest BCUT2D eigenvalue weighted by Gasteiger charge is 2.05. The highest BCUT2D eigenvalue weighted by Crippen LogP contribution is 2.23. The van der Waals surface area contributed by atoms with Crippen LogP contribution < -0.4 is 10.1 Å². The fourth-order valence-electron chi connectivity index (χ4n) is 1.53. The molecule has 88 valence electrons. The van der Waals surface area contributed by atoms with Crippen LogP contribution in [0, 0.1) is 20.8 Å². The Balaban J connectivity index is 2.63. The molecule has 3 heteroatoms. The van der Waals surface area contributed by atoms with Gasteiger partial charge in [-0.3, -0.25) is 4.79 Å². The molecule has 1 N–H and O–H groups in total. The van der Waals surface area contributed by atoms with Crippen LogP contribution in [0.1, 0.15) is 23.1 Å². The van der Waals surface area contributed by atoms with Gasteiger partial charge in [-0.1, -0.05) is 6.07 Å². The minimum absolute atomic E-state index is 0.00188. The summed E-state index contributed by atoms with van der Waals surface area (Å²) in [5.41, 5.74) is 3.54. The number of aryl methyl sites for hydroxylation is 2. The standard InChI is InChI=1S/C13H19NO2/c1-9-7-10(2)11(3)12(8-9)16-6-5-13(15)14-4/h7-8H,5-6H2,1-4H3,(H,14,15). The second-order valence-electron chi connectivity index (χ2n) is 3.98. The SMILES string of the molecule is CNC(=O)CCOc1cc(C)cc(C)c1C. The smallest absolute Gasteiger partial charge is 0.223 e. The molecule has 0 radical (unpaired) electrons. The monoisotopic (exact) mass is 221 g/mol. The van der Waals surface area contributed by atoms with Crippen LogP contribution >= 0.6 is 0 Å². The second-order valence-corrected chi connectivity index (χ2v) is 3.98. The summed E-state index contributed by atoms with van der Waals surface area (Å²) in [6, 6.07) is 4.13. The zero-order valence-electron chi connectivity index (χ0n) is 10.4. The van der Waals surface area contributed by atoms with Crippen LogP contribution in [0.4, 0.5) is 0 Å². The largest absolute Gasteiger partial charge is 0.493 e. The summed E-state index contributed by atoms with van der Waals surface area (Å²) in [5.74, 6) is 0.878. The molecule has 0 spiro atoms. The summed E-state index contributed by atoms with van der Waals surface area (Å²) >= 11 is 0. The maximum absolute atomic E-state index is 11.0. The molecule has 3 nitrogen and oxygen atoms in total. The number of carbonyl (C=O) groups is 1. The number of nitrogens with one attached hydrogen (secondary N) is 1. The molecule has 1 aromatic carbocycles. The molecule has 0 saturated heterocycles. The number of amides is 1. The lowest BCUT2D eigenvalue weighted by Gasteiger charge is -2.11. The Morgan fingerprint density at radius 2 is 2.00 bits per heavy atom. The molecule has 0 atom stereocenters. The average molecular weight is 221 g/mol. The van der Waals surface area contributed by atoms with Gasteiger partial charge in [0.1, 0.15) is 5.75 Å². The lowest BCUT2D eigenvalue weighted by atomic mass is 10.1. The molecule has 0 fully saturated rings. The molecule has 0 aromatic heterocycles. The van der Waals surface area contributed by atoms with Gasteiger partial charge < -0.3 is 10.1 Å². The van der Waals surface area contributed by atoms with Gasteiger partial charge in [-0.25, -0.2) is 0 Å². The summed E-state index contributed by atoms with van der Waals surface area (Å²) in [7, 11) is 1.63. The van der Waals surface area contributed by atoms with E-state index in [4.69, 9.17) is 4.74 Å². The Labute approximate surface area is 96.8 Å². The first-order chi connectivity index (χ1) is 7.54. The van der Waals surface area contributed by atoms with Gasteiger partial charge in [-0.15, -0.1) is 0 Å². The van der Waals surface area contributed by atoms with Gasteiger partial charge in [0.25, 0.3) is 0 Å². The number of hydrogen-bond acceptors (Lipinski definition) is 2. The summed E-state index contributed by atoms with van der Waals surface area (Å²) < 4.78 is 5.61. The van der Waals surface area contributed by atoms with E-state index >= 15 is 0 Å². The lowest BCUT2D eigenvalue weighted by molar-refractivity contribution is -0.121. The lowest BCUT2D eigenvalue weighted by Crippen LogP contribution is -2.20. The Bertz CT molecular complexity index is 386. The van der Waals surface area contributed by atoms with Crippen LogP contribution in [-0.2, 0) is 4.79 Å². The zero-order chi connectivity index (χ0) is 12.1. The van der Waals surface area contributed by atoms with Crippen molar-refractivity contribution in [1.29, 1.82) is 0 Å². The minimum Gasteiger partial charge on any atom is -0.493 e. The van der Waals surface area contributed by atoms with Crippen molar-refractivity contribution in [2.75, 3.05) is 13.7 Å². The van der Waals surface area contributed by atoms with Crippen molar-refractivity contribution in [3.63, 3.8) is 0 Å². The molecule has 0 heterocycles. The van der Waals surface area contributed by atoms with E-state index in [2.05, 4.69) is 18.3 Å². The predicted molar refractivity (Wildman–Crippen MR) is 64.8 cm³/mol. The van der Waals surface area contributed by atoms with Gasteiger partial charge in [0.15, 0.2) is 0 Å². The molecule has 1 aromatic rings. The normalized spacial score (nSPS) is 10.0. The van der Waals surface area contributed by atoms with Crippen molar-refractivity contribution in [1.82, 2.24) is 5.32 Å². The molecule has 16 heavy (non-hydrogen) atoms. The van der Waals surface area contributed by atoms with Crippen molar-refractivity contribution in [3.8, 4) is 5.75 Å². The van der Waals surface area contributed by atoms with Crippen molar-refractivity contribution in [2.45, 2.75) is 27.2 Å². The quantitative estimate of drug-likeness (QED) is 0.845. The van der Waals surface area contributed by atoms with Gasteiger partial charge in [0.05, 0.1) is 13.0 Å². The third kappa shape index (κ3) is 3.26. The fraction of sp³-hybridized carbons (Fsp3) is 0.462. The van der Waals surface area contributed by atoms with Gasteiger partial charge in [0.2, 0.25) is 5.91 Å². The van der Waals surface area contributed by atoms with Gasteiger partial charge in [-0.05, 0) is 43.5 Å². The van der Waals surface area contributed by atoms with Crippen molar-refractivity contribution < 1.29 is 9.53 Å². The van der Waals surface area contributed by atoms with E-state index in [1.807, 2.05) is 19.9 Å². The third-order valence-corrected chi connectivity index (χ3v) is 2.63. The van der Waals surface area contributed by atoms with E-state index in [1.165, 1.54) is 11.1 Å². The highest BCUT2D eigenvalue weighted by molar-refractivity contribution is 5.75. The van der Waals surface area contributed by atoms with Gasteiger partial charge in [-0.2, -0.15) is 0 Å².